The molecule has 0 aliphatic rings. The Morgan fingerprint density at radius 3 is 2.70 bits per heavy atom. The van der Waals surface area contributed by atoms with Crippen molar-refractivity contribution in [2.75, 3.05) is 26.0 Å². The number of halogens is 1. The first-order valence-electron chi connectivity index (χ1n) is 6.07. The normalized spacial score (nSPS) is 11.8. The molecule has 0 saturated heterocycles. The highest BCUT2D eigenvalue weighted by Gasteiger charge is 2.16. The summed E-state index contributed by atoms with van der Waals surface area (Å²) in [5, 5.41) is 5.57. The lowest BCUT2D eigenvalue weighted by atomic mass is 10.1. The summed E-state index contributed by atoms with van der Waals surface area (Å²) in [6.45, 7) is 2.39. The molecular formula is C13H18ClN3O3. The number of nitrogens with two attached hydrogens (primary N) is 1. The zero-order valence-corrected chi connectivity index (χ0v) is 12.2. The van der Waals surface area contributed by atoms with Gasteiger partial charge in [-0.25, -0.2) is 0 Å². The molecule has 110 valence electrons. The average molecular weight is 300 g/mol. The van der Waals surface area contributed by atoms with Crippen LogP contribution in [0.5, 0.6) is 0 Å². The molecule has 20 heavy (non-hydrogen) atoms. The summed E-state index contributed by atoms with van der Waals surface area (Å²) in [7, 11) is 1.54. The Kier molecular flexibility index (Phi) is 6.27. The molecule has 1 aromatic carbocycles. The van der Waals surface area contributed by atoms with Crippen LogP contribution in [0.4, 0.5) is 5.69 Å². The van der Waals surface area contributed by atoms with E-state index in [-0.39, 0.29) is 5.91 Å². The van der Waals surface area contributed by atoms with E-state index in [2.05, 4.69) is 10.6 Å². The van der Waals surface area contributed by atoms with E-state index < -0.39 is 11.9 Å². The van der Waals surface area contributed by atoms with Gasteiger partial charge in [0.05, 0.1) is 6.61 Å². The molecule has 1 unspecified atom stereocenters. The summed E-state index contributed by atoms with van der Waals surface area (Å²) in [6, 6.07) is 3.86. The quantitative estimate of drug-likeness (QED) is 0.535. The van der Waals surface area contributed by atoms with Crippen LogP contribution in [0, 0.1) is 0 Å². The van der Waals surface area contributed by atoms with Gasteiger partial charge < -0.3 is 21.1 Å². The third-order valence-electron chi connectivity index (χ3n) is 2.53. The molecule has 0 aliphatic carbocycles. The van der Waals surface area contributed by atoms with E-state index in [1.807, 2.05) is 0 Å². The third kappa shape index (κ3) is 5.07. The smallest absolute Gasteiger partial charge is 0.252 e. The summed E-state index contributed by atoms with van der Waals surface area (Å²) in [5.74, 6) is -0.695. The number of nitrogen functional groups attached to an aromatic ring is 1. The van der Waals surface area contributed by atoms with Crippen LogP contribution in [0.2, 0.25) is 5.02 Å². The van der Waals surface area contributed by atoms with E-state index in [4.69, 9.17) is 22.1 Å². The molecule has 1 rings (SSSR count). The fourth-order valence-corrected chi connectivity index (χ4v) is 1.76. The van der Waals surface area contributed by atoms with Crippen molar-refractivity contribution in [2.45, 2.75) is 13.0 Å². The molecule has 0 aromatic heterocycles. The highest BCUT2D eigenvalue weighted by atomic mass is 35.5. The fraction of sp³-hybridized carbons (Fsp3) is 0.385. The van der Waals surface area contributed by atoms with Gasteiger partial charge in [0.1, 0.15) is 6.04 Å². The number of hydrogen-bond donors (Lipinski definition) is 3. The van der Waals surface area contributed by atoms with E-state index in [1.54, 1.807) is 20.1 Å². The van der Waals surface area contributed by atoms with Crippen molar-refractivity contribution < 1.29 is 14.3 Å². The van der Waals surface area contributed by atoms with Gasteiger partial charge in [0.2, 0.25) is 5.91 Å². The van der Waals surface area contributed by atoms with E-state index in [0.29, 0.717) is 29.4 Å². The maximum atomic E-state index is 12.0. The first kappa shape index (κ1) is 16.3. The summed E-state index contributed by atoms with van der Waals surface area (Å²) >= 11 is 5.82. The van der Waals surface area contributed by atoms with Gasteiger partial charge in [-0.3, -0.25) is 9.59 Å². The number of ether oxygens (including phenoxy) is 1. The van der Waals surface area contributed by atoms with Crippen LogP contribution in [0.1, 0.15) is 17.3 Å². The number of rotatable bonds is 6. The third-order valence-corrected chi connectivity index (χ3v) is 2.75. The Labute approximate surface area is 122 Å². The maximum absolute atomic E-state index is 12.0. The fourth-order valence-electron chi connectivity index (χ4n) is 1.52. The van der Waals surface area contributed by atoms with E-state index in [1.165, 1.54) is 12.1 Å². The second-order valence-corrected chi connectivity index (χ2v) is 4.69. The lowest BCUT2D eigenvalue weighted by Gasteiger charge is -2.14. The van der Waals surface area contributed by atoms with Crippen LogP contribution >= 0.6 is 11.6 Å². The second-order valence-electron chi connectivity index (χ2n) is 4.25. The molecule has 0 heterocycles. The van der Waals surface area contributed by atoms with Gasteiger partial charge in [-0.15, -0.1) is 0 Å². The molecule has 7 heteroatoms. The van der Waals surface area contributed by atoms with E-state index >= 15 is 0 Å². The molecule has 1 atom stereocenters. The molecular weight excluding hydrogens is 282 g/mol. The Morgan fingerprint density at radius 2 is 2.10 bits per heavy atom. The van der Waals surface area contributed by atoms with Crippen molar-refractivity contribution in [3.63, 3.8) is 0 Å². The number of hydrogen-bond acceptors (Lipinski definition) is 4. The van der Waals surface area contributed by atoms with Gasteiger partial charge >= 0.3 is 0 Å². The van der Waals surface area contributed by atoms with Crippen molar-refractivity contribution in [1.82, 2.24) is 10.6 Å². The molecule has 2 amide bonds. The molecule has 1 aromatic rings. The van der Waals surface area contributed by atoms with Gasteiger partial charge in [-0.1, -0.05) is 11.6 Å². The van der Waals surface area contributed by atoms with E-state index in [0.717, 1.165) is 0 Å². The number of methoxy groups -OCH3 is 1. The van der Waals surface area contributed by atoms with Gasteiger partial charge in [0.15, 0.2) is 0 Å². The number of carbonyl (C=O) groups is 2. The monoisotopic (exact) mass is 299 g/mol. The summed E-state index contributed by atoms with van der Waals surface area (Å²) in [5.41, 5.74) is 6.31. The lowest BCUT2D eigenvalue weighted by molar-refractivity contribution is -0.122. The number of benzene rings is 1. The summed E-state index contributed by atoms with van der Waals surface area (Å²) < 4.78 is 4.82. The van der Waals surface area contributed by atoms with Crippen molar-refractivity contribution in [2.24, 2.45) is 0 Å². The van der Waals surface area contributed by atoms with Gasteiger partial charge in [0.25, 0.3) is 5.91 Å². The zero-order valence-electron chi connectivity index (χ0n) is 11.4. The van der Waals surface area contributed by atoms with Gasteiger partial charge in [-0.2, -0.15) is 0 Å². The second kappa shape index (κ2) is 7.72. The minimum Gasteiger partial charge on any atom is -0.399 e. The highest BCUT2D eigenvalue weighted by molar-refractivity contribution is 6.31. The largest absolute Gasteiger partial charge is 0.399 e. The Hall–Kier alpha value is -1.79. The topological polar surface area (TPSA) is 93.5 Å². The molecule has 0 spiro atoms. The number of carbonyl (C=O) groups excluding carboxylic acids is 2. The Morgan fingerprint density at radius 1 is 1.40 bits per heavy atom. The minimum absolute atomic E-state index is 0.287. The van der Waals surface area contributed by atoms with Crippen molar-refractivity contribution in [1.29, 1.82) is 0 Å². The zero-order chi connectivity index (χ0) is 15.1. The van der Waals surface area contributed by atoms with Crippen molar-refractivity contribution >= 4 is 29.1 Å². The molecule has 0 fully saturated rings. The van der Waals surface area contributed by atoms with Crippen LogP contribution < -0.4 is 16.4 Å². The number of nitrogens with one attached hydrogen (secondary N) is 2. The standard InChI is InChI=1S/C13H18ClN3O3/c1-8(12(18)16-3-4-20-2)17-13(19)9-5-10(14)7-11(15)6-9/h5-8H,3-4,15H2,1-2H3,(H,16,18)(H,17,19). The van der Waals surface area contributed by atoms with Crippen molar-refractivity contribution in [3.05, 3.63) is 28.8 Å². The predicted molar refractivity (Wildman–Crippen MR) is 77.7 cm³/mol. The molecule has 0 radical (unpaired) electrons. The summed E-state index contributed by atoms with van der Waals surface area (Å²) in [4.78, 5) is 23.7. The minimum atomic E-state index is -0.667. The van der Waals surface area contributed by atoms with Crippen LogP contribution in [0.3, 0.4) is 0 Å². The van der Waals surface area contributed by atoms with E-state index in [9.17, 15) is 9.59 Å². The molecule has 0 bridgehead atoms. The van der Waals surface area contributed by atoms with Crippen LogP contribution in [-0.4, -0.2) is 38.1 Å². The predicted octanol–water partition coefficient (Wildman–Crippen LogP) is 0.803. The number of anilines is 1. The average Bonchev–Trinajstić information content (AvgIpc) is 2.37. The summed E-state index contributed by atoms with van der Waals surface area (Å²) in [6.07, 6.45) is 0. The SMILES string of the molecule is COCCNC(=O)C(C)NC(=O)c1cc(N)cc(Cl)c1. The maximum Gasteiger partial charge on any atom is 0.252 e. The number of amides is 2. The van der Waals surface area contributed by atoms with Gasteiger partial charge in [0, 0.05) is 29.9 Å². The molecule has 6 nitrogen and oxygen atoms in total. The molecule has 0 aliphatic heterocycles. The van der Waals surface area contributed by atoms with Crippen LogP contribution in [0.15, 0.2) is 18.2 Å². The first-order valence-corrected chi connectivity index (χ1v) is 6.45. The molecule has 4 N–H and O–H groups in total. The lowest BCUT2D eigenvalue weighted by Crippen LogP contribution is -2.45. The van der Waals surface area contributed by atoms with Crippen LogP contribution in [-0.2, 0) is 9.53 Å². The van der Waals surface area contributed by atoms with Crippen LogP contribution in [0.25, 0.3) is 0 Å². The highest BCUT2D eigenvalue weighted by Crippen LogP contribution is 2.16. The van der Waals surface area contributed by atoms with Crippen molar-refractivity contribution in [3.8, 4) is 0 Å². The molecule has 0 saturated carbocycles. The first-order chi connectivity index (χ1) is 9.43. The Balaban J connectivity index is 2.58. The Bertz CT molecular complexity index is 473. The van der Waals surface area contributed by atoms with Gasteiger partial charge in [-0.05, 0) is 25.1 Å².